The zero-order chi connectivity index (χ0) is 18.1. The predicted molar refractivity (Wildman–Crippen MR) is 93.3 cm³/mol. The first-order valence-corrected chi connectivity index (χ1v) is 8.49. The average molecular weight is 336 g/mol. The lowest BCUT2D eigenvalue weighted by Crippen LogP contribution is -2.10. The molecule has 1 atom stereocenters. The van der Waals surface area contributed by atoms with Gasteiger partial charge in [0.1, 0.15) is 11.5 Å². The highest BCUT2D eigenvalue weighted by molar-refractivity contribution is 5.99. The molecule has 1 aromatic rings. The Hall–Kier alpha value is -2.04. The molecule has 0 fully saturated rings. The van der Waals surface area contributed by atoms with Crippen LogP contribution in [0.1, 0.15) is 74.2 Å². The van der Waals surface area contributed by atoms with E-state index in [1.54, 1.807) is 26.2 Å². The summed E-state index contributed by atoms with van der Waals surface area (Å²) in [5.74, 6) is -0.0261. The van der Waals surface area contributed by atoms with Crippen molar-refractivity contribution < 1.29 is 24.2 Å². The van der Waals surface area contributed by atoms with E-state index in [-0.39, 0.29) is 18.1 Å². The highest BCUT2D eigenvalue weighted by Crippen LogP contribution is 2.38. The molecule has 0 aromatic heterocycles. The fraction of sp³-hybridized carbons (Fsp3) is 0.579. The maximum absolute atomic E-state index is 12.2. The molecule has 0 aliphatic heterocycles. The second-order valence-electron chi connectivity index (χ2n) is 5.86. The van der Waals surface area contributed by atoms with Crippen LogP contribution in [0.5, 0.6) is 11.5 Å². The van der Waals surface area contributed by atoms with E-state index in [1.165, 1.54) is 7.11 Å². The summed E-state index contributed by atoms with van der Waals surface area (Å²) in [6.07, 6.45) is 4.20. The van der Waals surface area contributed by atoms with E-state index in [0.717, 1.165) is 31.2 Å². The molecule has 1 N–H and O–H groups in total. The van der Waals surface area contributed by atoms with Gasteiger partial charge in [-0.2, -0.15) is 0 Å². The molecule has 1 aromatic carbocycles. The molecule has 0 saturated heterocycles. The Morgan fingerprint density at radius 2 is 1.75 bits per heavy atom. The highest BCUT2D eigenvalue weighted by atomic mass is 16.5. The predicted octanol–water partition coefficient (Wildman–Crippen LogP) is 4.44. The minimum atomic E-state index is -0.849. The Labute approximate surface area is 144 Å². The van der Waals surface area contributed by atoms with Gasteiger partial charge in [-0.3, -0.25) is 9.59 Å². The summed E-state index contributed by atoms with van der Waals surface area (Å²) >= 11 is 0. The number of carboxylic acid groups (broad SMARTS) is 1. The van der Waals surface area contributed by atoms with Crippen LogP contribution in [-0.2, 0) is 4.79 Å². The number of Topliss-reactive ketones (excluding diaryl/α,β-unsaturated/α-hetero) is 1. The van der Waals surface area contributed by atoms with Gasteiger partial charge in [0.15, 0.2) is 5.78 Å². The molecule has 0 bridgehead atoms. The number of ketones is 1. The van der Waals surface area contributed by atoms with E-state index < -0.39 is 5.97 Å². The van der Waals surface area contributed by atoms with Crippen LogP contribution >= 0.6 is 0 Å². The minimum absolute atomic E-state index is 0.0200. The lowest BCUT2D eigenvalue weighted by molar-refractivity contribution is -0.137. The van der Waals surface area contributed by atoms with Gasteiger partial charge in [0.05, 0.1) is 26.2 Å². The molecule has 0 spiro atoms. The molecule has 0 heterocycles. The minimum Gasteiger partial charge on any atom is -0.496 e. The molecule has 0 amide bonds. The molecule has 5 heteroatoms. The van der Waals surface area contributed by atoms with E-state index in [2.05, 4.69) is 6.92 Å². The molecule has 5 nitrogen and oxygen atoms in total. The number of aliphatic carboxylic acids is 1. The summed E-state index contributed by atoms with van der Waals surface area (Å²) in [7, 11) is 3.06. The third-order valence-corrected chi connectivity index (χ3v) is 4.19. The third kappa shape index (κ3) is 5.25. The number of unbranched alkanes of at least 4 members (excludes halogenated alkanes) is 2. The van der Waals surface area contributed by atoms with Crippen molar-refractivity contribution in [3.8, 4) is 11.5 Å². The number of rotatable bonds is 11. The van der Waals surface area contributed by atoms with Crippen molar-refractivity contribution in [2.45, 2.75) is 58.3 Å². The Morgan fingerprint density at radius 3 is 2.25 bits per heavy atom. The van der Waals surface area contributed by atoms with Crippen LogP contribution in [0, 0.1) is 0 Å². The van der Waals surface area contributed by atoms with Crippen molar-refractivity contribution in [3.05, 3.63) is 23.3 Å². The molecule has 1 unspecified atom stereocenters. The highest BCUT2D eigenvalue weighted by Gasteiger charge is 2.23. The fourth-order valence-electron chi connectivity index (χ4n) is 2.87. The standard InChI is InChI=1S/C19H28O5/c1-5-7-8-9-13(10-19(21)22)14-11-15(16(20)6-2)18(24-4)12-17(14)23-3/h11-13H,5-10H2,1-4H3,(H,21,22). The molecule has 1 rings (SSSR count). The number of hydrogen-bond donors (Lipinski definition) is 1. The van der Waals surface area contributed by atoms with Gasteiger partial charge >= 0.3 is 5.97 Å². The van der Waals surface area contributed by atoms with Gasteiger partial charge in [-0.1, -0.05) is 33.1 Å². The molecule has 0 aliphatic rings. The number of carboxylic acids is 1. The SMILES string of the molecule is CCCCCC(CC(=O)O)c1cc(C(=O)CC)c(OC)cc1OC. The summed E-state index contributed by atoms with van der Waals surface area (Å²) in [4.78, 5) is 23.5. The molecule has 24 heavy (non-hydrogen) atoms. The maximum atomic E-state index is 12.2. The molecule has 134 valence electrons. The molecule has 0 saturated carbocycles. The lowest BCUT2D eigenvalue weighted by atomic mass is 9.87. The van der Waals surface area contributed by atoms with Gasteiger partial charge in [0.25, 0.3) is 0 Å². The Balaban J connectivity index is 3.32. The van der Waals surface area contributed by atoms with Crippen LogP contribution < -0.4 is 9.47 Å². The van der Waals surface area contributed by atoms with Crippen LogP contribution in [0.2, 0.25) is 0 Å². The van der Waals surface area contributed by atoms with E-state index in [9.17, 15) is 14.7 Å². The summed E-state index contributed by atoms with van der Waals surface area (Å²) in [6, 6.07) is 3.44. The van der Waals surface area contributed by atoms with Gasteiger partial charge in [-0.05, 0) is 24.0 Å². The average Bonchev–Trinajstić information content (AvgIpc) is 2.58. The summed E-state index contributed by atoms with van der Waals surface area (Å²) < 4.78 is 10.7. The number of carbonyl (C=O) groups is 2. The number of carbonyl (C=O) groups excluding carboxylic acids is 1. The molecule has 0 aliphatic carbocycles. The number of hydrogen-bond acceptors (Lipinski definition) is 4. The maximum Gasteiger partial charge on any atom is 0.303 e. The number of methoxy groups -OCH3 is 2. The first-order chi connectivity index (χ1) is 11.5. The Bertz CT molecular complexity index is 565. The van der Waals surface area contributed by atoms with E-state index in [4.69, 9.17) is 9.47 Å². The van der Waals surface area contributed by atoms with Crippen molar-refractivity contribution in [3.63, 3.8) is 0 Å². The van der Waals surface area contributed by atoms with Crippen LogP contribution in [-0.4, -0.2) is 31.1 Å². The summed E-state index contributed by atoms with van der Waals surface area (Å²) in [5, 5.41) is 9.26. The van der Waals surface area contributed by atoms with Crippen LogP contribution in [0.4, 0.5) is 0 Å². The third-order valence-electron chi connectivity index (χ3n) is 4.19. The zero-order valence-corrected chi connectivity index (χ0v) is 15.1. The second-order valence-corrected chi connectivity index (χ2v) is 5.86. The van der Waals surface area contributed by atoms with Crippen LogP contribution in [0.25, 0.3) is 0 Å². The van der Waals surface area contributed by atoms with E-state index >= 15 is 0 Å². The van der Waals surface area contributed by atoms with Crippen molar-refractivity contribution in [2.75, 3.05) is 14.2 Å². The molecular weight excluding hydrogens is 308 g/mol. The zero-order valence-electron chi connectivity index (χ0n) is 15.1. The van der Waals surface area contributed by atoms with Crippen LogP contribution in [0.15, 0.2) is 12.1 Å². The Morgan fingerprint density at radius 1 is 1.08 bits per heavy atom. The number of benzene rings is 1. The van der Waals surface area contributed by atoms with Crippen LogP contribution in [0.3, 0.4) is 0 Å². The van der Waals surface area contributed by atoms with Gasteiger partial charge in [0, 0.05) is 12.5 Å². The van der Waals surface area contributed by atoms with Gasteiger partial charge in [-0.25, -0.2) is 0 Å². The topological polar surface area (TPSA) is 72.8 Å². The summed E-state index contributed by atoms with van der Waals surface area (Å²) in [5.41, 5.74) is 1.26. The second kappa shape index (κ2) is 9.96. The largest absolute Gasteiger partial charge is 0.496 e. The summed E-state index contributed by atoms with van der Waals surface area (Å²) in [6.45, 7) is 3.90. The quantitative estimate of drug-likeness (QED) is 0.478. The molecule has 0 radical (unpaired) electrons. The van der Waals surface area contributed by atoms with Crippen molar-refractivity contribution in [1.82, 2.24) is 0 Å². The fourth-order valence-corrected chi connectivity index (χ4v) is 2.87. The lowest BCUT2D eigenvalue weighted by Gasteiger charge is -2.21. The first-order valence-electron chi connectivity index (χ1n) is 8.49. The first kappa shape index (κ1) is 20.0. The molecular formula is C19H28O5. The normalized spacial score (nSPS) is 11.8. The van der Waals surface area contributed by atoms with E-state index in [0.29, 0.717) is 23.5 Å². The van der Waals surface area contributed by atoms with Crippen molar-refractivity contribution in [1.29, 1.82) is 0 Å². The Kier molecular flexibility index (Phi) is 8.30. The van der Waals surface area contributed by atoms with Gasteiger partial charge in [0.2, 0.25) is 0 Å². The van der Waals surface area contributed by atoms with Crippen molar-refractivity contribution in [2.24, 2.45) is 0 Å². The van der Waals surface area contributed by atoms with Gasteiger partial charge in [-0.15, -0.1) is 0 Å². The van der Waals surface area contributed by atoms with Crippen molar-refractivity contribution >= 4 is 11.8 Å². The smallest absolute Gasteiger partial charge is 0.303 e. The monoisotopic (exact) mass is 336 g/mol. The van der Waals surface area contributed by atoms with E-state index in [1.807, 2.05) is 0 Å². The van der Waals surface area contributed by atoms with Gasteiger partial charge < -0.3 is 14.6 Å². The number of ether oxygens (including phenoxy) is 2.